The molecule has 1 aliphatic rings. The third-order valence-electron chi connectivity index (χ3n) is 6.04. The van der Waals surface area contributed by atoms with Gasteiger partial charge in [0.1, 0.15) is 5.60 Å². The monoisotopic (exact) mass is 427 g/mol. The van der Waals surface area contributed by atoms with E-state index in [9.17, 15) is 5.11 Å². The fourth-order valence-corrected chi connectivity index (χ4v) is 4.41. The van der Waals surface area contributed by atoms with E-state index in [1.807, 2.05) is 18.3 Å². The molecule has 4 rings (SSSR count). The van der Waals surface area contributed by atoms with Gasteiger partial charge in [0, 0.05) is 29.4 Å². The molecule has 0 unspecified atom stereocenters. The first-order valence-electron chi connectivity index (χ1n) is 11.3. The molecular weight excluding hydrogens is 394 g/mol. The Kier molecular flexibility index (Phi) is 5.99. The van der Waals surface area contributed by atoms with E-state index in [1.165, 1.54) is 22.4 Å². The highest BCUT2D eigenvalue weighted by molar-refractivity contribution is 5.43. The predicted molar refractivity (Wildman–Crippen MR) is 130 cm³/mol. The average molecular weight is 428 g/mol. The van der Waals surface area contributed by atoms with E-state index in [4.69, 9.17) is 5.10 Å². The van der Waals surface area contributed by atoms with Crippen molar-refractivity contribution in [3.8, 4) is 17.5 Å². The highest BCUT2D eigenvalue weighted by Gasteiger charge is 2.35. The lowest BCUT2D eigenvalue weighted by atomic mass is 9.74. The first-order valence-corrected chi connectivity index (χ1v) is 11.3. The largest absolute Gasteiger partial charge is 0.378 e. The summed E-state index contributed by atoms with van der Waals surface area (Å²) in [6, 6.07) is 16.9. The van der Waals surface area contributed by atoms with Crippen LogP contribution in [0.2, 0.25) is 0 Å². The smallest absolute Gasteiger partial charge is 0.120 e. The third-order valence-corrected chi connectivity index (χ3v) is 6.04. The van der Waals surface area contributed by atoms with Crippen molar-refractivity contribution < 1.29 is 5.11 Å². The summed E-state index contributed by atoms with van der Waals surface area (Å²) in [5.41, 5.74) is 6.36. The average Bonchev–Trinajstić information content (AvgIpc) is 3.13. The summed E-state index contributed by atoms with van der Waals surface area (Å²) in [4.78, 5) is 0. The predicted octanol–water partition coefficient (Wildman–Crippen LogP) is 5.11. The maximum absolute atomic E-state index is 9.78. The number of hydrogen-bond donors (Lipinski definition) is 2. The molecule has 1 atom stereocenters. The minimum absolute atomic E-state index is 0.196. The van der Waals surface area contributed by atoms with Gasteiger partial charge < -0.3 is 10.4 Å². The summed E-state index contributed by atoms with van der Waals surface area (Å²) >= 11 is 0. The Morgan fingerprint density at radius 2 is 1.88 bits per heavy atom. The molecule has 0 saturated carbocycles. The first kappa shape index (κ1) is 22.3. The van der Waals surface area contributed by atoms with Gasteiger partial charge in [0.15, 0.2) is 0 Å². The quantitative estimate of drug-likeness (QED) is 0.569. The molecule has 4 heteroatoms. The standard InChI is InChI=1S/C28H33N3O/c1-20-8-6-7-9-25(20)31-26-17-27(2,3)16-24(23(26)19-30-31)29-18-22-12-10-21(11-13-22)14-15-28(4,5)32/h6-13,19,24,29,32H,16-18H2,1-5H3/t24-/m0/s1. The Hall–Kier alpha value is -2.87. The number of aromatic nitrogens is 2. The number of aliphatic hydroxyl groups is 1. The lowest BCUT2D eigenvalue weighted by molar-refractivity contribution is 0.143. The van der Waals surface area contributed by atoms with E-state index in [1.54, 1.807) is 13.8 Å². The van der Waals surface area contributed by atoms with Crippen LogP contribution < -0.4 is 5.32 Å². The minimum atomic E-state index is -0.978. The zero-order valence-corrected chi connectivity index (χ0v) is 19.7. The molecule has 2 N–H and O–H groups in total. The van der Waals surface area contributed by atoms with Crippen LogP contribution >= 0.6 is 0 Å². The Balaban J connectivity index is 1.53. The summed E-state index contributed by atoms with van der Waals surface area (Å²) in [5, 5.41) is 18.4. The summed E-state index contributed by atoms with van der Waals surface area (Å²) in [6.45, 7) is 11.0. The van der Waals surface area contributed by atoms with Crippen LogP contribution in [-0.2, 0) is 13.0 Å². The number of hydrogen-bond acceptors (Lipinski definition) is 3. The molecule has 1 aromatic heterocycles. The highest BCUT2D eigenvalue weighted by Crippen LogP contribution is 2.41. The van der Waals surface area contributed by atoms with Gasteiger partial charge >= 0.3 is 0 Å². The molecule has 1 heterocycles. The molecule has 0 spiro atoms. The summed E-state index contributed by atoms with van der Waals surface area (Å²) in [6.07, 6.45) is 4.14. The normalized spacial score (nSPS) is 17.4. The highest BCUT2D eigenvalue weighted by atomic mass is 16.3. The molecule has 3 aromatic rings. The van der Waals surface area contributed by atoms with E-state index in [0.717, 1.165) is 30.6 Å². The maximum atomic E-state index is 9.78. The fraction of sp³-hybridized carbons (Fsp3) is 0.393. The second-order valence-electron chi connectivity index (χ2n) is 10.2. The zero-order valence-electron chi connectivity index (χ0n) is 19.7. The molecule has 0 aliphatic heterocycles. The Labute approximate surface area is 191 Å². The lowest BCUT2D eigenvalue weighted by Crippen LogP contribution is -2.33. The first-order chi connectivity index (χ1) is 15.1. The molecule has 2 aromatic carbocycles. The number of rotatable bonds is 4. The number of nitrogens with one attached hydrogen (secondary N) is 1. The van der Waals surface area contributed by atoms with Gasteiger partial charge in [-0.3, -0.25) is 0 Å². The molecule has 0 saturated heterocycles. The molecule has 1 aliphatic carbocycles. The molecule has 0 fully saturated rings. The van der Waals surface area contributed by atoms with Gasteiger partial charge in [-0.25, -0.2) is 4.68 Å². The lowest BCUT2D eigenvalue weighted by Gasteiger charge is -2.36. The van der Waals surface area contributed by atoms with Crippen molar-refractivity contribution in [2.24, 2.45) is 5.41 Å². The number of nitrogens with zero attached hydrogens (tertiary/aromatic N) is 2. The maximum Gasteiger partial charge on any atom is 0.120 e. The van der Waals surface area contributed by atoms with Crippen LogP contribution in [0.15, 0.2) is 54.7 Å². The number of fused-ring (bicyclic) bond motifs is 1. The molecular formula is C28H33N3O. The van der Waals surface area contributed by atoms with E-state index in [0.29, 0.717) is 0 Å². The van der Waals surface area contributed by atoms with Crippen LogP contribution in [0.1, 0.15) is 68.1 Å². The molecule has 4 nitrogen and oxygen atoms in total. The van der Waals surface area contributed by atoms with Crippen molar-refractivity contribution in [2.75, 3.05) is 0 Å². The van der Waals surface area contributed by atoms with Crippen LogP contribution in [0, 0.1) is 24.2 Å². The molecule has 32 heavy (non-hydrogen) atoms. The van der Waals surface area contributed by atoms with E-state index >= 15 is 0 Å². The number of aryl methyl sites for hydroxylation is 1. The van der Waals surface area contributed by atoms with Crippen molar-refractivity contribution in [1.82, 2.24) is 15.1 Å². The van der Waals surface area contributed by atoms with E-state index < -0.39 is 5.60 Å². The number of para-hydroxylation sites is 1. The van der Waals surface area contributed by atoms with Crippen LogP contribution in [0.5, 0.6) is 0 Å². The minimum Gasteiger partial charge on any atom is -0.378 e. The summed E-state index contributed by atoms with van der Waals surface area (Å²) < 4.78 is 2.14. The van der Waals surface area contributed by atoms with Gasteiger partial charge in [0.05, 0.1) is 11.9 Å². The van der Waals surface area contributed by atoms with Crippen LogP contribution in [0.3, 0.4) is 0 Å². The van der Waals surface area contributed by atoms with Crippen molar-refractivity contribution in [3.05, 3.63) is 82.7 Å². The van der Waals surface area contributed by atoms with Gasteiger partial charge in [-0.05, 0) is 68.4 Å². The molecule has 0 amide bonds. The van der Waals surface area contributed by atoms with E-state index in [-0.39, 0.29) is 11.5 Å². The topological polar surface area (TPSA) is 50.1 Å². The number of benzene rings is 2. The van der Waals surface area contributed by atoms with Crippen molar-refractivity contribution >= 4 is 0 Å². The second-order valence-corrected chi connectivity index (χ2v) is 10.2. The molecule has 0 bridgehead atoms. The summed E-state index contributed by atoms with van der Waals surface area (Å²) in [7, 11) is 0. The fourth-order valence-electron chi connectivity index (χ4n) is 4.41. The SMILES string of the molecule is Cc1ccccc1-n1ncc2c1CC(C)(C)C[C@@H]2NCc1ccc(C#CC(C)(C)O)cc1. The molecule has 0 radical (unpaired) electrons. The van der Waals surface area contributed by atoms with E-state index in [2.05, 4.69) is 79.0 Å². The van der Waals surface area contributed by atoms with Crippen molar-refractivity contribution in [3.63, 3.8) is 0 Å². The van der Waals surface area contributed by atoms with Gasteiger partial charge in [-0.1, -0.05) is 56.0 Å². The van der Waals surface area contributed by atoms with Crippen molar-refractivity contribution in [2.45, 2.75) is 65.6 Å². The summed E-state index contributed by atoms with van der Waals surface area (Å²) in [5.74, 6) is 5.89. The van der Waals surface area contributed by atoms with Gasteiger partial charge in [0.2, 0.25) is 0 Å². The zero-order chi connectivity index (χ0) is 22.9. The Morgan fingerprint density at radius 3 is 2.56 bits per heavy atom. The van der Waals surface area contributed by atoms with Gasteiger partial charge in [0.25, 0.3) is 0 Å². The van der Waals surface area contributed by atoms with Crippen LogP contribution in [-0.4, -0.2) is 20.5 Å². The van der Waals surface area contributed by atoms with Gasteiger partial charge in [-0.15, -0.1) is 0 Å². The van der Waals surface area contributed by atoms with Crippen LogP contribution in [0.4, 0.5) is 0 Å². The third kappa shape index (κ3) is 5.12. The Morgan fingerprint density at radius 1 is 1.16 bits per heavy atom. The van der Waals surface area contributed by atoms with Gasteiger partial charge in [-0.2, -0.15) is 5.10 Å². The Bertz CT molecular complexity index is 1150. The van der Waals surface area contributed by atoms with Crippen molar-refractivity contribution in [1.29, 1.82) is 0 Å². The second kappa shape index (κ2) is 8.58. The van der Waals surface area contributed by atoms with Crippen LogP contribution in [0.25, 0.3) is 5.69 Å². The molecule has 166 valence electrons.